The van der Waals surface area contributed by atoms with E-state index in [1.54, 1.807) is 6.08 Å². The van der Waals surface area contributed by atoms with Gasteiger partial charge in [0.2, 0.25) is 0 Å². The van der Waals surface area contributed by atoms with Crippen LogP contribution in [0.15, 0.2) is 11.8 Å². The first-order valence-corrected chi connectivity index (χ1v) is 9.81. The number of ether oxygens (including phenoxy) is 1. The smallest absolute Gasteiger partial charge is 0.159 e. The van der Waals surface area contributed by atoms with Crippen LogP contribution in [0.3, 0.4) is 0 Å². The van der Waals surface area contributed by atoms with Crippen LogP contribution in [0.25, 0.3) is 0 Å². The molecule has 1 aliphatic rings. The third-order valence-corrected chi connectivity index (χ3v) is 3.87. The van der Waals surface area contributed by atoms with Gasteiger partial charge in [-0.05, 0) is 6.42 Å². The van der Waals surface area contributed by atoms with Gasteiger partial charge in [-0.1, -0.05) is 41.5 Å². The molecule has 0 aromatic rings. The van der Waals surface area contributed by atoms with Gasteiger partial charge in [-0.15, -0.1) is 5.54 Å². The quantitative estimate of drug-likeness (QED) is 0.445. The van der Waals surface area contributed by atoms with Gasteiger partial charge in [0.05, 0.1) is 4.83 Å². The van der Waals surface area contributed by atoms with Crippen molar-refractivity contribution in [2.24, 2.45) is 0 Å². The Morgan fingerprint density at radius 3 is 2.88 bits per heavy atom. The van der Waals surface area contributed by atoms with Gasteiger partial charge < -0.3 is 4.74 Å². The van der Waals surface area contributed by atoms with Gasteiger partial charge in [0.1, 0.15) is 20.4 Å². The molecule has 0 spiro atoms. The second kappa shape index (κ2) is 5.69. The molecule has 0 radical (unpaired) electrons. The molecule has 0 aromatic carbocycles. The largest absolute Gasteiger partial charge is 0.484 e. The molecule has 0 aromatic heterocycles. The molecule has 0 saturated heterocycles. The number of hydrogen-bond acceptors (Lipinski definition) is 2. The summed E-state index contributed by atoms with van der Waals surface area (Å²) >= 11 is 3.49. The number of carbonyl (C=O) groups excluding carboxylic acids is 1. The van der Waals surface area contributed by atoms with Crippen molar-refractivity contribution in [3.8, 4) is 11.5 Å². The summed E-state index contributed by atoms with van der Waals surface area (Å²) in [7, 11) is -1.31. The molecule has 0 amide bonds. The predicted octanol–water partition coefficient (Wildman–Crippen LogP) is 2.89. The summed E-state index contributed by atoms with van der Waals surface area (Å²) in [5.41, 5.74) is 3.22. The van der Waals surface area contributed by atoms with E-state index in [0.717, 1.165) is 12.2 Å². The van der Waals surface area contributed by atoms with Crippen LogP contribution in [-0.4, -0.2) is 25.3 Å². The topological polar surface area (TPSA) is 26.3 Å². The van der Waals surface area contributed by atoms with Gasteiger partial charge in [-0.2, -0.15) is 0 Å². The molecular formula is C12H17BrO2Si. The number of rotatable bonds is 2. The zero-order chi connectivity index (χ0) is 12.2. The SMILES string of the molecule is C[Si](C)(C)C#CCOC1=CC(=O)CCC1Br. The first-order valence-electron chi connectivity index (χ1n) is 5.40. The minimum Gasteiger partial charge on any atom is -0.484 e. The molecule has 16 heavy (non-hydrogen) atoms. The lowest BCUT2D eigenvalue weighted by Gasteiger charge is -2.17. The monoisotopic (exact) mass is 300 g/mol. The fourth-order valence-electron chi connectivity index (χ4n) is 1.29. The van der Waals surface area contributed by atoms with Gasteiger partial charge >= 0.3 is 0 Å². The van der Waals surface area contributed by atoms with Crippen molar-refractivity contribution >= 4 is 29.8 Å². The summed E-state index contributed by atoms with van der Waals surface area (Å²) < 4.78 is 5.50. The lowest BCUT2D eigenvalue weighted by molar-refractivity contribution is -0.115. The molecule has 0 bridgehead atoms. The lowest BCUT2D eigenvalue weighted by atomic mass is 10.1. The van der Waals surface area contributed by atoms with Crippen LogP contribution in [0.2, 0.25) is 19.6 Å². The summed E-state index contributed by atoms with van der Waals surface area (Å²) in [4.78, 5) is 11.4. The van der Waals surface area contributed by atoms with Crippen LogP contribution in [0.1, 0.15) is 12.8 Å². The number of halogens is 1. The second-order valence-electron chi connectivity index (χ2n) is 4.86. The van der Waals surface area contributed by atoms with Crippen LogP contribution in [0.4, 0.5) is 0 Å². The van der Waals surface area contributed by atoms with Gasteiger partial charge in [0, 0.05) is 12.5 Å². The Morgan fingerprint density at radius 2 is 2.25 bits per heavy atom. The van der Waals surface area contributed by atoms with Crippen molar-refractivity contribution < 1.29 is 9.53 Å². The summed E-state index contributed by atoms with van der Waals surface area (Å²) in [6, 6.07) is 0. The van der Waals surface area contributed by atoms with E-state index >= 15 is 0 Å². The van der Waals surface area contributed by atoms with Gasteiger partial charge in [-0.25, -0.2) is 0 Å². The molecule has 0 fully saturated rings. The third kappa shape index (κ3) is 5.00. The number of carbonyl (C=O) groups is 1. The van der Waals surface area contributed by atoms with E-state index in [0.29, 0.717) is 13.0 Å². The van der Waals surface area contributed by atoms with E-state index in [1.807, 2.05) is 0 Å². The van der Waals surface area contributed by atoms with Crippen molar-refractivity contribution in [2.75, 3.05) is 6.61 Å². The average molecular weight is 301 g/mol. The standard InChI is InChI=1S/C12H17BrO2Si/c1-16(2,3)8-4-7-15-12-9-10(14)5-6-11(12)13/h9,11H,5-7H2,1-3H3. The van der Waals surface area contributed by atoms with E-state index in [1.165, 1.54) is 0 Å². The Balaban J connectivity index is 2.48. The van der Waals surface area contributed by atoms with E-state index in [-0.39, 0.29) is 10.6 Å². The van der Waals surface area contributed by atoms with Crippen LogP contribution < -0.4 is 0 Å². The summed E-state index contributed by atoms with van der Waals surface area (Å²) in [6.07, 6.45) is 2.99. The van der Waals surface area contributed by atoms with E-state index in [4.69, 9.17) is 4.74 Å². The molecule has 1 unspecified atom stereocenters. The molecule has 0 N–H and O–H groups in total. The highest BCUT2D eigenvalue weighted by atomic mass is 79.9. The second-order valence-corrected chi connectivity index (χ2v) is 10.7. The van der Waals surface area contributed by atoms with Crippen LogP contribution >= 0.6 is 15.9 Å². The molecular weight excluding hydrogens is 284 g/mol. The molecule has 1 atom stereocenters. The average Bonchev–Trinajstić information content (AvgIpc) is 2.16. The molecule has 1 aliphatic carbocycles. The highest BCUT2D eigenvalue weighted by Crippen LogP contribution is 2.23. The van der Waals surface area contributed by atoms with Crippen LogP contribution in [0, 0.1) is 11.5 Å². The third-order valence-electron chi connectivity index (χ3n) is 2.03. The van der Waals surface area contributed by atoms with Crippen molar-refractivity contribution in [3.05, 3.63) is 11.8 Å². The number of allylic oxidation sites excluding steroid dienone is 2. The zero-order valence-corrected chi connectivity index (χ0v) is 12.6. The van der Waals surface area contributed by atoms with E-state index in [9.17, 15) is 4.79 Å². The molecule has 88 valence electrons. The normalized spacial score (nSPS) is 20.9. The first-order chi connectivity index (χ1) is 7.38. The lowest BCUT2D eigenvalue weighted by Crippen LogP contribution is -2.18. The number of ketones is 1. The maximum absolute atomic E-state index is 11.2. The van der Waals surface area contributed by atoms with E-state index < -0.39 is 8.07 Å². The summed E-state index contributed by atoms with van der Waals surface area (Å²) in [6.45, 7) is 6.95. The minimum absolute atomic E-state index is 0.142. The zero-order valence-electron chi connectivity index (χ0n) is 9.97. The van der Waals surface area contributed by atoms with E-state index in [2.05, 4.69) is 47.0 Å². The van der Waals surface area contributed by atoms with Crippen molar-refractivity contribution in [2.45, 2.75) is 37.3 Å². The number of hydrogen-bond donors (Lipinski definition) is 0. The van der Waals surface area contributed by atoms with Gasteiger partial charge in [0.25, 0.3) is 0 Å². The Hall–Kier alpha value is -0.533. The molecule has 0 heterocycles. The van der Waals surface area contributed by atoms with Crippen LogP contribution in [-0.2, 0) is 9.53 Å². The maximum Gasteiger partial charge on any atom is 0.159 e. The highest BCUT2D eigenvalue weighted by molar-refractivity contribution is 9.09. The molecule has 4 heteroatoms. The van der Waals surface area contributed by atoms with Crippen molar-refractivity contribution in [1.82, 2.24) is 0 Å². The van der Waals surface area contributed by atoms with Gasteiger partial charge in [0.15, 0.2) is 5.78 Å². The van der Waals surface area contributed by atoms with Crippen molar-refractivity contribution in [3.63, 3.8) is 0 Å². The molecule has 0 aliphatic heterocycles. The Kier molecular flexibility index (Phi) is 4.82. The fraction of sp³-hybridized carbons (Fsp3) is 0.583. The molecule has 0 saturated carbocycles. The summed E-state index contributed by atoms with van der Waals surface area (Å²) in [5.74, 6) is 3.89. The Bertz CT molecular complexity index is 357. The number of alkyl halides is 1. The fourth-order valence-corrected chi connectivity index (χ4v) is 2.38. The minimum atomic E-state index is -1.31. The molecule has 2 nitrogen and oxygen atoms in total. The van der Waals surface area contributed by atoms with Crippen molar-refractivity contribution in [1.29, 1.82) is 0 Å². The van der Waals surface area contributed by atoms with Gasteiger partial charge in [-0.3, -0.25) is 4.79 Å². The predicted molar refractivity (Wildman–Crippen MR) is 72.1 cm³/mol. The summed E-state index contributed by atoms with van der Waals surface area (Å²) in [5, 5.41) is 0. The Labute approximate surface area is 107 Å². The maximum atomic E-state index is 11.2. The molecule has 1 rings (SSSR count). The first kappa shape index (κ1) is 13.5. The highest BCUT2D eigenvalue weighted by Gasteiger charge is 2.19. The Morgan fingerprint density at radius 1 is 1.56 bits per heavy atom. The van der Waals surface area contributed by atoms with Crippen LogP contribution in [0.5, 0.6) is 0 Å².